The first kappa shape index (κ1) is 14.7. The first-order chi connectivity index (χ1) is 9.81. The minimum absolute atomic E-state index is 0.166. The highest BCUT2D eigenvalue weighted by Gasteiger charge is 2.13. The molecular weight excluding hydrogens is 266 g/mol. The van der Waals surface area contributed by atoms with Crippen molar-refractivity contribution < 1.29 is 4.79 Å². The molecule has 2 rings (SSSR count). The predicted octanol–water partition coefficient (Wildman–Crippen LogP) is 3.97. The number of carbonyl (C=O) groups excluding carboxylic acids is 1. The fraction of sp³-hybridized carbons (Fsp3) is 0.235. The molecule has 2 nitrogen and oxygen atoms in total. The van der Waals surface area contributed by atoms with Gasteiger partial charge in [0.05, 0.1) is 5.75 Å². The zero-order chi connectivity index (χ0) is 14.2. The van der Waals surface area contributed by atoms with Gasteiger partial charge in [0.15, 0.2) is 0 Å². The molecule has 1 amide bonds. The summed E-state index contributed by atoms with van der Waals surface area (Å²) < 4.78 is 0. The zero-order valence-electron chi connectivity index (χ0n) is 11.7. The standard InChI is InChI=1S/C17H19NOS/c1-2-18(16-11-7-4-8-12-16)17(19)14-20-13-15-9-5-3-6-10-15/h3-12H,2,13-14H2,1H3. The highest BCUT2D eigenvalue weighted by Crippen LogP contribution is 2.17. The topological polar surface area (TPSA) is 20.3 Å². The lowest BCUT2D eigenvalue weighted by molar-refractivity contribution is -0.116. The summed E-state index contributed by atoms with van der Waals surface area (Å²) in [5.41, 5.74) is 2.23. The molecule has 0 saturated heterocycles. The molecule has 0 aliphatic rings. The summed E-state index contributed by atoms with van der Waals surface area (Å²) >= 11 is 1.66. The van der Waals surface area contributed by atoms with Gasteiger partial charge in [-0.25, -0.2) is 0 Å². The Morgan fingerprint density at radius 2 is 1.60 bits per heavy atom. The first-order valence-electron chi connectivity index (χ1n) is 6.78. The van der Waals surface area contributed by atoms with Crippen LogP contribution in [-0.4, -0.2) is 18.2 Å². The van der Waals surface area contributed by atoms with Crippen molar-refractivity contribution in [3.63, 3.8) is 0 Å². The summed E-state index contributed by atoms with van der Waals surface area (Å²) in [6.45, 7) is 2.71. The van der Waals surface area contributed by atoms with E-state index in [1.165, 1.54) is 5.56 Å². The van der Waals surface area contributed by atoms with Gasteiger partial charge in [0, 0.05) is 18.0 Å². The van der Waals surface area contributed by atoms with Crippen molar-refractivity contribution in [2.75, 3.05) is 17.2 Å². The van der Waals surface area contributed by atoms with Gasteiger partial charge >= 0.3 is 0 Å². The van der Waals surface area contributed by atoms with Gasteiger partial charge in [0.25, 0.3) is 0 Å². The van der Waals surface area contributed by atoms with E-state index in [1.54, 1.807) is 11.8 Å². The number of rotatable bonds is 6. The second-order valence-corrected chi connectivity index (χ2v) is 5.44. The van der Waals surface area contributed by atoms with Crippen LogP contribution < -0.4 is 4.90 Å². The lowest BCUT2D eigenvalue weighted by Crippen LogP contribution is -2.32. The molecule has 3 heteroatoms. The van der Waals surface area contributed by atoms with Gasteiger partial charge in [-0.3, -0.25) is 4.79 Å². The molecule has 0 unspecified atom stereocenters. The van der Waals surface area contributed by atoms with Crippen molar-refractivity contribution in [3.8, 4) is 0 Å². The highest BCUT2D eigenvalue weighted by molar-refractivity contribution is 7.99. The van der Waals surface area contributed by atoms with E-state index < -0.39 is 0 Å². The number of anilines is 1. The maximum absolute atomic E-state index is 12.3. The average molecular weight is 285 g/mol. The fourth-order valence-corrected chi connectivity index (χ4v) is 2.88. The molecule has 0 aromatic heterocycles. The smallest absolute Gasteiger partial charge is 0.236 e. The Kier molecular flexibility index (Phi) is 5.69. The van der Waals surface area contributed by atoms with E-state index in [9.17, 15) is 4.79 Å². The van der Waals surface area contributed by atoms with Crippen molar-refractivity contribution in [3.05, 3.63) is 66.2 Å². The zero-order valence-corrected chi connectivity index (χ0v) is 12.5. The molecule has 20 heavy (non-hydrogen) atoms. The van der Waals surface area contributed by atoms with Gasteiger partial charge in [-0.1, -0.05) is 48.5 Å². The van der Waals surface area contributed by atoms with Gasteiger partial charge in [-0.2, -0.15) is 0 Å². The number of hydrogen-bond acceptors (Lipinski definition) is 2. The van der Waals surface area contributed by atoms with Crippen molar-refractivity contribution in [1.29, 1.82) is 0 Å². The maximum Gasteiger partial charge on any atom is 0.236 e. The van der Waals surface area contributed by atoms with Gasteiger partial charge in [-0.15, -0.1) is 11.8 Å². The van der Waals surface area contributed by atoms with Crippen molar-refractivity contribution in [2.24, 2.45) is 0 Å². The lowest BCUT2D eigenvalue weighted by Gasteiger charge is -2.20. The normalized spacial score (nSPS) is 10.2. The van der Waals surface area contributed by atoms with Crippen LogP contribution in [0.25, 0.3) is 0 Å². The van der Waals surface area contributed by atoms with Gasteiger partial charge in [-0.05, 0) is 24.6 Å². The molecular formula is C17H19NOS. The van der Waals surface area contributed by atoms with Crippen molar-refractivity contribution in [1.82, 2.24) is 0 Å². The number of amides is 1. The lowest BCUT2D eigenvalue weighted by atomic mass is 10.2. The van der Waals surface area contributed by atoms with E-state index in [4.69, 9.17) is 0 Å². The molecule has 2 aromatic carbocycles. The van der Waals surface area contributed by atoms with Crippen molar-refractivity contribution in [2.45, 2.75) is 12.7 Å². The van der Waals surface area contributed by atoms with E-state index in [0.717, 1.165) is 11.4 Å². The van der Waals surface area contributed by atoms with E-state index in [0.29, 0.717) is 12.3 Å². The summed E-state index contributed by atoms with van der Waals surface area (Å²) in [6, 6.07) is 20.1. The average Bonchev–Trinajstić information content (AvgIpc) is 2.50. The largest absolute Gasteiger partial charge is 0.312 e. The van der Waals surface area contributed by atoms with Crippen LogP contribution in [0.2, 0.25) is 0 Å². The fourth-order valence-electron chi connectivity index (χ4n) is 2.02. The number of nitrogens with zero attached hydrogens (tertiary/aromatic N) is 1. The molecule has 0 bridgehead atoms. The molecule has 0 atom stereocenters. The Bertz CT molecular complexity index is 527. The molecule has 0 aliphatic heterocycles. The monoisotopic (exact) mass is 285 g/mol. The third-order valence-corrected chi connectivity index (χ3v) is 4.01. The molecule has 2 aromatic rings. The van der Waals surface area contributed by atoms with Crippen LogP contribution in [0.1, 0.15) is 12.5 Å². The second-order valence-electron chi connectivity index (χ2n) is 4.45. The van der Waals surface area contributed by atoms with Gasteiger partial charge < -0.3 is 4.90 Å². The van der Waals surface area contributed by atoms with Crippen molar-refractivity contribution >= 4 is 23.4 Å². The summed E-state index contributed by atoms with van der Waals surface area (Å²) in [5, 5.41) is 0. The number of hydrogen-bond donors (Lipinski definition) is 0. The third-order valence-electron chi connectivity index (χ3n) is 3.02. The Hall–Kier alpha value is -1.74. The maximum atomic E-state index is 12.3. The summed E-state index contributed by atoms with van der Waals surface area (Å²) in [7, 11) is 0. The van der Waals surface area contributed by atoms with Crippen LogP contribution in [-0.2, 0) is 10.5 Å². The predicted molar refractivity (Wildman–Crippen MR) is 87.1 cm³/mol. The van der Waals surface area contributed by atoms with Crippen LogP contribution >= 0.6 is 11.8 Å². The Labute approximate surface area is 124 Å². The first-order valence-corrected chi connectivity index (χ1v) is 7.94. The molecule has 0 radical (unpaired) electrons. The van der Waals surface area contributed by atoms with Crippen LogP contribution in [0, 0.1) is 0 Å². The minimum Gasteiger partial charge on any atom is -0.312 e. The molecule has 104 valence electrons. The molecule has 0 aliphatic carbocycles. The summed E-state index contributed by atoms with van der Waals surface area (Å²) in [5.74, 6) is 1.55. The SMILES string of the molecule is CCN(C(=O)CSCc1ccccc1)c1ccccc1. The summed E-state index contributed by atoms with van der Waals surface area (Å²) in [6.07, 6.45) is 0. The van der Waals surface area contributed by atoms with Gasteiger partial charge in [0.2, 0.25) is 5.91 Å². The van der Waals surface area contributed by atoms with E-state index in [1.807, 2.05) is 60.4 Å². The Morgan fingerprint density at radius 3 is 2.20 bits per heavy atom. The van der Waals surface area contributed by atoms with Crippen LogP contribution in [0.4, 0.5) is 5.69 Å². The number of carbonyl (C=O) groups is 1. The van der Waals surface area contributed by atoms with E-state index in [-0.39, 0.29) is 5.91 Å². The van der Waals surface area contributed by atoms with Crippen LogP contribution in [0.5, 0.6) is 0 Å². The van der Waals surface area contributed by atoms with Gasteiger partial charge in [0.1, 0.15) is 0 Å². The molecule has 0 N–H and O–H groups in total. The Balaban J connectivity index is 1.87. The third kappa shape index (κ3) is 4.14. The Morgan fingerprint density at radius 1 is 1.00 bits per heavy atom. The molecule has 0 heterocycles. The van der Waals surface area contributed by atoms with Crippen LogP contribution in [0.3, 0.4) is 0 Å². The number of thioether (sulfide) groups is 1. The summed E-state index contributed by atoms with van der Waals surface area (Å²) in [4.78, 5) is 14.1. The highest BCUT2D eigenvalue weighted by atomic mass is 32.2. The van der Waals surface area contributed by atoms with E-state index >= 15 is 0 Å². The number of para-hydroxylation sites is 1. The molecule has 0 fully saturated rings. The van der Waals surface area contributed by atoms with E-state index in [2.05, 4.69) is 12.1 Å². The molecule has 0 spiro atoms. The number of benzene rings is 2. The molecule has 0 saturated carbocycles. The second kappa shape index (κ2) is 7.75. The van der Waals surface area contributed by atoms with Crippen LogP contribution in [0.15, 0.2) is 60.7 Å². The quantitative estimate of drug-likeness (QED) is 0.800. The minimum atomic E-state index is 0.166.